The van der Waals surface area contributed by atoms with Crippen molar-refractivity contribution in [3.63, 3.8) is 0 Å². The lowest BCUT2D eigenvalue weighted by Gasteiger charge is -2.25. The van der Waals surface area contributed by atoms with Crippen molar-refractivity contribution in [3.05, 3.63) is 0 Å². The van der Waals surface area contributed by atoms with Crippen molar-refractivity contribution >= 4 is 0 Å². The Kier molecular flexibility index (Phi) is 4.00. The lowest BCUT2D eigenvalue weighted by molar-refractivity contribution is 0.220. The van der Waals surface area contributed by atoms with Gasteiger partial charge in [0, 0.05) is 31.7 Å². The van der Waals surface area contributed by atoms with E-state index < -0.39 is 0 Å². The Bertz CT molecular complexity index is 191. The highest BCUT2D eigenvalue weighted by atomic mass is 15.2. The van der Waals surface area contributed by atoms with Crippen LogP contribution in [0.15, 0.2) is 0 Å². The van der Waals surface area contributed by atoms with Crippen LogP contribution < -0.4 is 5.32 Å². The second-order valence-corrected chi connectivity index (χ2v) is 5.27. The van der Waals surface area contributed by atoms with Crippen molar-refractivity contribution in [2.75, 3.05) is 40.3 Å². The zero-order chi connectivity index (χ0) is 10.7. The molecule has 0 aromatic rings. The zero-order valence-corrected chi connectivity index (χ0v) is 10.2. The number of rotatable bonds is 6. The average molecular weight is 211 g/mol. The van der Waals surface area contributed by atoms with Crippen LogP contribution in [0, 0.1) is 0 Å². The van der Waals surface area contributed by atoms with Gasteiger partial charge in [0.05, 0.1) is 0 Å². The molecule has 0 radical (unpaired) electrons. The molecule has 1 aliphatic carbocycles. The van der Waals surface area contributed by atoms with E-state index in [0.717, 1.165) is 18.6 Å². The first-order chi connectivity index (χ1) is 7.25. The minimum absolute atomic E-state index is 0.802. The van der Waals surface area contributed by atoms with Crippen molar-refractivity contribution in [1.82, 2.24) is 15.1 Å². The molecule has 0 bridgehead atoms. The standard InChI is InChI=1S/C12H25N3/c1-14(9-7-13-11-5-6-11)10-12-4-3-8-15(12)2/h11-13H,3-10H2,1-2H3. The Morgan fingerprint density at radius 1 is 1.33 bits per heavy atom. The lowest BCUT2D eigenvalue weighted by Crippen LogP contribution is -2.39. The number of nitrogens with one attached hydrogen (secondary N) is 1. The molecule has 0 amide bonds. The molecule has 0 aromatic carbocycles. The summed E-state index contributed by atoms with van der Waals surface area (Å²) in [5, 5.41) is 3.57. The molecular weight excluding hydrogens is 186 g/mol. The molecule has 1 saturated carbocycles. The van der Waals surface area contributed by atoms with Crippen molar-refractivity contribution in [2.24, 2.45) is 0 Å². The lowest BCUT2D eigenvalue weighted by atomic mass is 10.2. The second-order valence-electron chi connectivity index (χ2n) is 5.27. The van der Waals surface area contributed by atoms with Crippen LogP contribution in [0.2, 0.25) is 0 Å². The second kappa shape index (κ2) is 5.28. The quantitative estimate of drug-likeness (QED) is 0.700. The Labute approximate surface area is 93.8 Å². The fraction of sp³-hybridized carbons (Fsp3) is 1.00. The third kappa shape index (κ3) is 3.74. The molecule has 3 nitrogen and oxygen atoms in total. The van der Waals surface area contributed by atoms with Gasteiger partial charge in [0.1, 0.15) is 0 Å². The summed E-state index contributed by atoms with van der Waals surface area (Å²) in [4.78, 5) is 4.98. The maximum atomic E-state index is 3.57. The fourth-order valence-electron chi connectivity index (χ4n) is 2.41. The number of hydrogen-bond acceptors (Lipinski definition) is 3. The molecule has 1 atom stereocenters. The van der Waals surface area contributed by atoms with Crippen LogP contribution in [-0.2, 0) is 0 Å². The van der Waals surface area contributed by atoms with Crippen LogP contribution >= 0.6 is 0 Å². The van der Waals surface area contributed by atoms with Crippen LogP contribution in [0.5, 0.6) is 0 Å². The summed E-state index contributed by atoms with van der Waals surface area (Å²) in [6, 6.07) is 1.66. The molecule has 1 saturated heterocycles. The highest BCUT2D eigenvalue weighted by Crippen LogP contribution is 2.18. The van der Waals surface area contributed by atoms with Crippen molar-refractivity contribution in [3.8, 4) is 0 Å². The summed E-state index contributed by atoms with van der Waals surface area (Å²) in [5.41, 5.74) is 0. The van der Waals surface area contributed by atoms with Crippen LogP contribution in [0.1, 0.15) is 25.7 Å². The fourth-order valence-corrected chi connectivity index (χ4v) is 2.41. The minimum atomic E-state index is 0.802. The number of nitrogens with zero attached hydrogens (tertiary/aromatic N) is 2. The van der Waals surface area contributed by atoms with E-state index >= 15 is 0 Å². The van der Waals surface area contributed by atoms with Gasteiger partial charge in [-0.3, -0.25) is 0 Å². The SMILES string of the molecule is CN(CCNC1CC1)CC1CCCN1C. The van der Waals surface area contributed by atoms with Gasteiger partial charge in [-0.2, -0.15) is 0 Å². The Morgan fingerprint density at radius 3 is 2.73 bits per heavy atom. The largest absolute Gasteiger partial charge is 0.313 e. The molecule has 2 rings (SSSR count). The van der Waals surface area contributed by atoms with Gasteiger partial charge in [-0.05, 0) is 46.3 Å². The highest BCUT2D eigenvalue weighted by Gasteiger charge is 2.22. The maximum Gasteiger partial charge on any atom is 0.0220 e. The molecule has 15 heavy (non-hydrogen) atoms. The van der Waals surface area contributed by atoms with E-state index in [4.69, 9.17) is 0 Å². The third-order valence-electron chi connectivity index (χ3n) is 3.70. The predicted octanol–water partition coefficient (Wildman–Crippen LogP) is 0.764. The molecule has 1 aliphatic heterocycles. The molecule has 1 N–H and O–H groups in total. The topological polar surface area (TPSA) is 18.5 Å². The van der Waals surface area contributed by atoms with Gasteiger partial charge in [-0.1, -0.05) is 0 Å². The number of likely N-dealkylation sites (N-methyl/N-ethyl adjacent to an activating group) is 2. The van der Waals surface area contributed by atoms with Gasteiger partial charge < -0.3 is 15.1 Å². The van der Waals surface area contributed by atoms with Gasteiger partial charge in [0.25, 0.3) is 0 Å². The molecule has 2 fully saturated rings. The van der Waals surface area contributed by atoms with E-state index in [1.165, 1.54) is 45.3 Å². The van der Waals surface area contributed by atoms with E-state index in [1.807, 2.05) is 0 Å². The predicted molar refractivity (Wildman–Crippen MR) is 64.2 cm³/mol. The van der Waals surface area contributed by atoms with Crippen LogP contribution in [0.3, 0.4) is 0 Å². The smallest absolute Gasteiger partial charge is 0.0220 e. The molecule has 3 heteroatoms. The number of hydrogen-bond donors (Lipinski definition) is 1. The van der Waals surface area contributed by atoms with E-state index in [9.17, 15) is 0 Å². The molecule has 88 valence electrons. The Hall–Kier alpha value is -0.120. The monoisotopic (exact) mass is 211 g/mol. The van der Waals surface area contributed by atoms with E-state index in [1.54, 1.807) is 0 Å². The summed E-state index contributed by atoms with van der Waals surface area (Å²) < 4.78 is 0. The van der Waals surface area contributed by atoms with Gasteiger partial charge in [-0.15, -0.1) is 0 Å². The van der Waals surface area contributed by atoms with E-state index in [2.05, 4.69) is 29.2 Å². The first-order valence-electron chi connectivity index (χ1n) is 6.38. The summed E-state index contributed by atoms with van der Waals surface area (Å²) in [5.74, 6) is 0. The molecule has 1 heterocycles. The van der Waals surface area contributed by atoms with Crippen LogP contribution in [-0.4, -0.2) is 62.2 Å². The molecule has 1 unspecified atom stereocenters. The van der Waals surface area contributed by atoms with Crippen LogP contribution in [0.4, 0.5) is 0 Å². The average Bonchev–Trinajstić information content (AvgIpc) is 2.93. The van der Waals surface area contributed by atoms with Crippen molar-refractivity contribution < 1.29 is 0 Å². The summed E-state index contributed by atoms with van der Waals surface area (Å²) in [7, 11) is 4.51. The van der Waals surface area contributed by atoms with Gasteiger partial charge in [0.15, 0.2) is 0 Å². The van der Waals surface area contributed by atoms with Crippen molar-refractivity contribution in [2.45, 2.75) is 37.8 Å². The molecular formula is C12H25N3. The number of likely N-dealkylation sites (tertiary alicyclic amines) is 1. The molecule has 0 spiro atoms. The molecule has 0 aromatic heterocycles. The highest BCUT2D eigenvalue weighted by molar-refractivity contribution is 4.82. The van der Waals surface area contributed by atoms with Gasteiger partial charge in [0.2, 0.25) is 0 Å². The van der Waals surface area contributed by atoms with Gasteiger partial charge in [-0.25, -0.2) is 0 Å². The van der Waals surface area contributed by atoms with E-state index in [-0.39, 0.29) is 0 Å². The zero-order valence-electron chi connectivity index (χ0n) is 10.2. The summed E-state index contributed by atoms with van der Waals surface area (Å²) in [6.45, 7) is 4.89. The minimum Gasteiger partial charge on any atom is -0.313 e. The normalized spacial score (nSPS) is 27.8. The first-order valence-corrected chi connectivity index (χ1v) is 6.38. The van der Waals surface area contributed by atoms with Gasteiger partial charge >= 0.3 is 0 Å². The molecule has 2 aliphatic rings. The maximum absolute atomic E-state index is 3.57. The Morgan fingerprint density at radius 2 is 2.13 bits per heavy atom. The van der Waals surface area contributed by atoms with Crippen molar-refractivity contribution in [1.29, 1.82) is 0 Å². The van der Waals surface area contributed by atoms with E-state index in [0.29, 0.717) is 0 Å². The first kappa shape index (κ1) is 11.4. The third-order valence-corrected chi connectivity index (χ3v) is 3.70. The van der Waals surface area contributed by atoms with Crippen LogP contribution in [0.25, 0.3) is 0 Å². The summed E-state index contributed by atoms with van der Waals surface area (Å²) >= 11 is 0. The Balaban J connectivity index is 1.56. The summed E-state index contributed by atoms with van der Waals surface area (Å²) in [6.07, 6.45) is 5.57.